The Bertz CT molecular complexity index is 966. The Morgan fingerprint density at radius 3 is 2.46 bits per heavy atom. The van der Waals surface area contributed by atoms with Gasteiger partial charge in [-0.25, -0.2) is 4.79 Å². The molecule has 0 fully saturated rings. The van der Waals surface area contributed by atoms with Crippen molar-refractivity contribution in [1.29, 1.82) is 5.26 Å². The normalized spacial score (nSPS) is 9.75. The number of nitrogens with one attached hydrogen (secondary N) is 1. The standard InChI is InChI=1S/C18H15N3O7/c1-11(22)20-13-8-17(14(21(24)25)7-12(13)9-19)28-16-6-4-3-5-15(16)27-10-18(23)26-2/h3-8H,10H2,1-2H3,(H,20,22). The number of benzene rings is 2. The Hall–Kier alpha value is -4.13. The fourth-order valence-corrected chi connectivity index (χ4v) is 2.15. The maximum absolute atomic E-state index is 11.4. The first-order chi connectivity index (χ1) is 13.3. The number of nitriles is 1. The summed E-state index contributed by atoms with van der Waals surface area (Å²) in [5.41, 5.74) is -0.513. The van der Waals surface area contributed by atoms with Crippen LogP contribution in [0.3, 0.4) is 0 Å². The van der Waals surface area contributed by atoms with Crippen LogP contribution in [-0.2, 0) is 14.3 Å². The molecule has 10 heteroatoms. The molecule has 0 aromatic heterocycles. The topological polar surface area (TPSA) is 141 Å². The van der Waals surface area contributed by atoms with Crippen molar-refractivity contribution in [2.75, 3.05) is 19.0 Å². The third kappa shape index (κ3) is 4.95. The highest BCUT2D eigenvalue weighted by molar-refractivity contribution is 5.91. The molecular formula is C18H15N3O7. The molecular weight excluding hydrogens is 370 g/mol. The quantitative estimate of drug-likeness (QED) is 0.436. The zero-order valence-electron chi connectivity index (χ0n) is 14.9. The fraction of sp³-hybridized carbons (Fsp3) is 0.167. The zero-order valence-corrected chi connectivity index (χ0v) is 14.9. The van der Waals surface area contributed by atoms with Crippen LogP contribution in [-0.4, -0.2) is 30.5 Å². The van der Waals surface area contributed by atoms with E-state index in [1.165, 1.54) is 32.2 Å². The van der Waals surface area contributed by atoms with Crippen LogP contribution in [0.5, 0.6) is 17.2 Å². The van der Waals surface area contributed by atoms with E-state index in [1.54, 1.807) is 18.2 Å². The Morgan fingerprint density at radius 1 is 1.21 bits per heavy atom. The largest absolute Gasteiger partial charge is 0.478 e. The van der Waals surface area contributed by atoms with Gasteiger partial charge in [0.2, 0.25) is 11.7 Å². The molecule has 0 aliphatic rings. The maximum Gasteiger partial charge on any atom is 0.343 e. The molecule has 2 aromatic rings. The second-order valence-electron chi connectivity index (χ2n) is 5.33. The first-order valence-electron chi connectivity index (χ1n) is 7.82. The van der Waals surface area contributed by atoms with Crippen LogP contribution < -0.4 is 14.8 Å². The van der Waals surface area contributed by atoms with Crippen molar-refractivity contribution in [3.05, 3.63) is 52.1 Å². The van der Waals surface area contributed by atoms with Crippen LogP contribution in [0.15, 0.2) is 36.4 Å². The van der Waals surface area contributed by atoms with Crippen molar-refractivity contribution in [2.45, 2.75) is 6.92 Å². The summed E-state index contributed by atoms with van der Waals surface area (Å²) in [6, 6.07) is 10.2. The minimum Gasteiger partial charge on any atom is -0.478 e. The number of amides is 1. The van der Waals surface area contributed by atoms with Gasteiger partial charge in [-0.2, -0.15) is 5.26 Å². The maximum atomic E-state index is 11.4. The number of methoxy groups -OCH3 is 1. The van der Waals surface area contributed by atoms with Gasteiger partial charge in [-0.05, 0) is 12.1 Å². The molecule has 0 heterocycles. The molecule has 0 aliphatic heterocycles. The van der Waals surface area contributed by atoms with Gasteiger partial charge in [-0.15, -0.1) is 0 Å². The summed E-state index contributed by atoms with van der Waals surface area (Å²) in [5.74, 6) is -1.06. The predicted octanol–water partition coefficient (Wildman–Crippen LogP) is 2.77. The van der Waals surface area contributed by atoms with Crippen LogP contribution in [0.4, 0.5) is 11.4 Å². The van der Waals surface area contributed by atoms with E-state index in [0.29, 0.717) is 0 Å². The van der Waals surface area contributed by atoms with Crippen LogP contribution in [0, 0.1) is 21.4 Å². The van der Waals surface area contributed by atoms with Gasteiger partial charge in [0, 0.05) is 19.1 Å². The van der Waals surface area contributed by atoms with Crippen molar-refractivity contribution < 1.29 is 28.7 Å². The minimum atomic E-state index is -0.717. The molecule has 0 saturated heterocycles. The molecule has 10 nitrogen and oxygen atoms in total. The van der Waals surface area contributed by atoms with Gasteiger partial charge < -0.3 is 19.5 Å². The SMILES string of the molecule is COC(=O)COc1ccccc1Oc1cc(NC(C)=O)c(C#N)cc1[N+](=O)[O-]. The number of hydrogen-bond donors (Lipinski definition) is 1. The van der Waals surface area contributed by atoms with Gasteiger partial charge in [-0.1, -0.05) is 12.1 Å². The smallest absolute Gasteiger partial charge is 0.343 e. The number of anilines is 1. The molecule has 144 valence electrons. The van der Waals surface area contributed by atoms with E-state index in [-0.39, 0.29) is 35.1 Å². The number of carbonyl (C=O) groups is 2. The second-order valence-corrected chi connectivity index (χ2v) is 5.33. The summed E-state index contributed by atoms with van der Waals surface area (Å²) in [5, 5.41) is 23.0. The molecule has 0 radical (unpaired) electrons. The number of carbonyl (C=O) groups excluding carboxylic acids is 2. The predicted molar refractivity (Wildman–Crippen MR) is 96.1 cm³/mol. The highest BCUT2D eigenvalue weighted by Gasteiger charge is 2.22. The van der Waals surface area contributed by atoms with Gasteiger partial charge in [0.25, 0.3) is 0 Å². The Balaban J connectivity index is 2.45. The second kappa shape index (κ2) is 9.00. The number of ether oxygens (including phenoxy) is 3. The lowest BCUT2D eigenvalue weighted by molar-refractivity contribution is -0.385. The van der Waals surface area contributed by atoms with Crippen LogP contribution in [0.1, 0.15) is 12.5 Å². The van der Waals surface area contributed by atoms with E-state index in [9.17, 15) is 25.0 Å². The van der Waals surface area contributed by atoms with Crippen molar-refractivity contribution in [1.82, 2.24) is 0 Å². The van der Waals surface area contributed by atoms with E-state index >= 15 is 0 Å². The van der Waals surface area contributed by atoms with Crippen LogP contribution in [0.2, 0.25) is 0 Å². The molecule has 28 heavy (non-hydrogen) atoms. The summed E-state index contributed by atoms with van der Waals surface area (Å²) < 4.78 is 15.4. The molecule has 0 bridgehead atoms. The van der Waals surface area contributed by atoms with Crippen molar-refractivity contribution >= 4 is 23.3 Å². The summed E-state index contributed by atoms with van der Waals surface area (Å²) in [7, 11) is 1.21. The van der Waals surface area contributed by atoms with E-state index in [4.69, 9.17) is 9.47 Å². The first-order valence-corrected chi connectivity index (χ1v) is 7.82. The molecule has 2 aromatic carbocycles. The Labute approximate surface area is 159 Å². The number of para-hydroxylation sites is 2. The molecule has 1 amide bonds. The van der Waals surface area contributed by atoms with Crippen LogP contribution >= 0.6 is 0 Å². The number of rotatable bonds is 7. The Kier molecular flexibility index (Phi) is 6.49. The molecule has 2 rings (SSSR count). The van der Waals surface area contributed by atoms with E-state index in [2.05, 4.69) is 10.1 Å². The first kappa shape index (κ1) is 20.2. The molecule has 0 saturated carbocycles. The fourth-order valence-electron chi connectivity index (χ4n) is 2.15. The van der Waals surface area contributed by atoms with Crippen molar-refractivity contribution in [3.63, 3.8) is 0 Å². The molecule has 1 N–H and O–H groups in total. The lowest BCUT2D eigenvalue weighted by Gasteiger charge is -2.13. The number of esters is 1. The molecule has 0 unspecified atom stereocenters. The lowest BCUT2D eigenvalue weighted by Crippen LogP contribution is -2.13. The van der Waals surface area contributed by atoms with Gasteiger partial charge in [0.15, 0.2) is 18.1 Å². The van der Waals surface area contributed by atoms with E-state index < -0.39 is 22.5 Å². The minimum absolute atomic E-state index is 0.0589. The molecule has 0 aliphatic carbocycles. The molecule has 0 spiro atoms. The lowest BCUT2D eigenvalue weighted by atomic mass is 10.1. The average molecular weight is 385 g/mol. The van der Waals surface area contributed by atoms with Gasteiger partial charge in [-0.3, -0.25) is 14.9 Å². The third-order valence-electron chi connectivity index (χ3n) is 3.37. The Morgan fingerprint density at radius 2 is 1.89 bits per heavy atom. The zero-order chi connectivity index (χ0) is 20.7. The third-order valence-corrected chi connectivity index (χ3v) is 3.37. The highest BCUT2D eigenvalue weighted by Crippen LogP contribution is 2.39. The molecule has 0 atom stereocenters. The van der Waals surface area contributed by atoms with Crippen LogP contribution in [0.25, 0.3) is 0 Å². The monoisotopic (exact) mass is 385 g/mol. The number of hydrogen-bond acceptors (Lipinski definition) is 8. The van der Waals surface area contributed by atoms with Gasteiger partial charge >= 0.3 is 11.7 Å². The summed E-state index contributed by atoms with van der Waals surface area (Å²) in [6.45, 7) is 0.850. The van der Waals surface area contributed by atoms with E-state index in [1.807, 2.05) is 0 Å². The van der Waals surface area contributed by atoms with Crippen molar-refractivity contribution in [2.24, 2.45) is 0 Å². The number of nitro benzene ring substituents is 1. The number of nitrogens with zero attached hydrogens (tertiary/aromatic N) is 2. The summed E-state index contributed by atoms with van der Waals surface area (Å²) >= 11 is 0. The van der Waals surface area contributed by atoms with Gasteiger partial charge in [0.1, 0.15) is 6.07 Å². The summed E-state index contributed by atoms with van der Waals surface area (Å²) in [6.07, 6.45) is 0. The average Bonchev–Trinajstić information content (AvgIpc) is 2.66. The van der Waals surface area contributed by atoms with E-state index in [0.717, 1.165) is 6.07 Å². The highest BCUT2D eigenvalue weighted by atomic mass is 16.6. The summed E-state index contributed by atoms with van der Waals surface area (Å²) in [4.78, 5) is 33.3. The number of nitro groups is 1. The van der Waals surface area contributed by atoms with Crippen molar-refractivity contribution in [3.8, 4) is 23.3 Å². The van der Waals surface area contributed by atoms with Gasteiger partial charge in [0.05, 0.1) is 23.3 Å².